The summed E-state index contributed by atoms with van der Waals surface area (Å²) in [6.45, 7) is 4.50. The molecule has 3 nitrogen and oxygen atoms in total. The van der Waals surface area contributed by atoms with E-state index in [0.717, 1.165) is 50.1 Å². The van der Waals surface area contributed by atoms with Crippen LogP contribution in [-0.4, -0.2) is 25.7 Å². The fourth-order valence-electron chi connectivity index (χ4n) is 2.31. The van der Waals surface area contributed by atoms with Crippen molar-refractivity contribution in [1.82, 2.24) is 5.32 Å². The first-order chi connectivity index (χ1) is 8.75. The van der Waals surface area contributed by atoms with Gasteiger partial charge in [-0.1, -0.05) is 17.7 Å². The number of rotatable bonds is 4. The number of carbonyl (C=O) groups excluding carboxylic acids is 1. The zero-order valence-electron chi connectivity index (χ0n) is 10.9. The molecule has 2 rings (SSSR count). The molecule has 1 aliphatic heterocycles. The molecule has 98 valence electrons. The van der Waals surface area contributed by atoms with Crippen molar-refractivity contribution in [3.05, 3.63) is 35.4 Å². The van der Waals surface area contributed by atoms with Gasteiger partial charge in [0.2, 0.25) is 0 Å². The van der Waals surface area contributed by atoms with Crippen molar-refractivity contribution < 1.29 is 9.53 Å². The molecule has 0 aromatic heterocycles. The third-order valence-electron chi connectivity index (χ3n) is 3.46. The summed E-state index contributed by atoms with van der Waals surface area (Å²) in [4.78, 5) is 11.9. The Labute approximate surface area is 109 Å². The van der Waals surface area contributed by atoms with E-state index < -0.39 is 0 Å². The third kappa shape index (κ3) is 3.84. The van der Waals surface area contributed by atoms with Crippen LogP contribution in [0.2, 0.25) is 0 Å². The molecule has 0 radical (unpaired) electrons. The summed E-state index contributed by atoms with van der Waals surface area (Å²) < 4.78 is 5.32. The molecule has 0 aliphatic carbocycles. The molecule has 1 heterocycles. The van der Waals surface area contributed by atoms with Crippen molar-refractivity contribution in [3.8, 4) is 0 Å². The van der Waals surface area contributed by atoms with Crippen molar-refractivity contribution in [1.29, 1.82) is 0 Å². The van der Waals surface area contributed by atoms with Crippen LogP contribution in [0.3, 0.4) is 0 Å². The first-order valence-corrected chi connectivity index (χ1v) is 6.68. The molecule has 0 atom stereocenters. The van der Waals surface area contributed by atoms with E-state index in [1.807, 2.05) is 31.2 Å². The Balaban J connectivity index is 1.74. The van der Waals surface area contributed by atoms with Crippen LogP contribution in [0.15, 0.2) is 24.3 Å². The van der Waals surface area contributed by atoms with Gasteiger partial charge in [0.25, 0.3) is 5.91 Å². The minimum Gasteiger partial charge on any atom is -0.381 e. The highest BCUT2D eigenvalue weighted by molar-refractivity contribution is 5.94. The maximum absolute atomic E-state index is 11.9. The largest absolute Gasteiger partial charge is 0.381 e. The lowest BCUT2D eigenvalue weighted by atomic mass is 9.96. The van der Waals surface area contributed by atoms with Crippen molar-refractivity contribution >= 4 is 5.91 Å². The molecule has 1 fully saturated rings. The van der Waals surface area contributed by atoms with Gasteiger partial charge in [-0.2, -0.15) is 0 Å². The minimum absolute atomic E-state index is 0.0331. The summed E-state index contributed by atoms with van der Waals surface area (Å²) in [6.07, 6.45) is 3.31. The van der Waals surface area contributed by atoms with Crippen molar-refractivity contribution in [2.75, 3.05) is 19.8 Å². The number of hydrogen-bond donors (Lipinski definition) is 1. The van der Waals surface area contributed by atoms with Crippen LogP contribution in [0.4, 0.5) is 0 Å². The second-order valence-electron chi connectivity index (χ2n) is 4.97. The molecule has 1 saturated heterocycles. The van der Waals surface area contributed by atoms with Gasteiger partial charge >= 0.3 is 0 Å². The lowest BCUT2D eigenvalue weighted by Crippen LogP contribution is -2.27. The Bertz CT molecular complexity index is 397. The van der Waals surface area contributed by atoms with Crippen molar-refractivity contribution in [3.63, 3.8) is 0 Å². The minimum atomic E-state index is 0.0331. The summed E-state index contributed by atoms with van der Waals surface area (Å²) in [6, 6.07) is 7.70. The van der Waals surface area contributed by atoms with E-state index in [9.17, 15) is 4.79 Å². The van der Waals surface area contributed by atoms with Crippen LogP contribution in [0, 0.1) is 12.8 Å². The van der Waals surface area contributed by atoms with Crippen LogP contribution in [-0.2, 0) is 4.74 Å². The zero-order valence-corrected chi connectivity index (χ0v) is 10.9. The molecule has 0 spiro atoms. The van der Waals surface area contributed by atoms with Crippen LogP contribution in [0.25, 0.3) is 0 Å². The van der Waals surface area contributed by atoms with Crippen molar-refractivity contribution in [2.24, 2.45) is 5.92 Å². The van der Waals surface area contributed by atoms with Crippen LogP contribution < -0.4 is 5.32 Å². The van der Waals surface area contributed by atoms with E-state index in [1.54, 1.807) is 0 Å². The number of hydrogen-bond acceptors (Lipinski definition) is 2. The maximum atomic E-state index is 11.9. The first-order valence-electron chi connectivity index (χ1n) is 6.68. The van der Waals surface area contributed by atoms with E-state index >= 15 is 0 Å². The molecule has 0 saturated carbocycles. The normalized spacial score (nSPS) is 16.5. The van der Waals surface area contributed by atoms with E-state index in [1.165, 1.54) is 0 Å². The van der Waals surface area contributed by atoms with Gasteiger partial charge in [0, 0.05) is 25.3 Å². The van der Waals surface area contributed by atoms with Gasteiger partial charge in [0.15, 0.2) is 0 Å². The maximum Gasteiger partial charge on any atom is 0.251 e. The standard InChI is InChI=1S/C15H21NO2/c1-12-3-2-4-14(11-12)15(17)16-8-5-13-6-9-18-10-7-13/h2-4,11,13H,5-10H2,1H3,(H,16,17). The molecule has 1 aromatic rings. The fourth-order valence-corrected chi connectivity index (χ4v) is 2.31. The van der Waals surface area contributed by atoms with E-state index in [-0.39, 0.29) is 5.91 Å². The van der Waals surface area contributed by atoms with Gasteiger partial charge in [0.1, 0.15) is 0 Å². The number of carbonyl (C=O) groups is 1. The fraction of sp³-hybridized carbons (Fsp3) is 0.533. The van der Waals surface area contributed by atoms with E-state index in [4.69, 9.17) is 4.74 Å². The zero-order chi connectivity index (χ0) is 12.8. The molecule has 1 aromatic carbocycles. The highest BCUT2D eigenvalue weighted by Gasteiger charge is 2.13. The van der Waals surface area contributed by atoms with Gasteiger partial charge in [-0.25, -0.2) is 0 Å². The third-order valence-corrected chi connectivity index (χ3v) is 3.46. The molecule has 1 aliphatic rings. The van der Waals surface area contributed by atoms with Crippen LogP contribution >= 0.6 is 0 Å². The van der Waals surface area contributed by atoms with Crippen molar-refractivity contribution in [2.45, 2.75) is 26.2 Å². The molecular weight excluding hydrogens is 226 g/mol. The van der Waals surface area contributed by atoms with Gasteiger partial charge in [0.05, 0.1) is 0 Å². The average molecular weight is 247 g/mol. The molecule has 0 unspecified atom stereocenters. The molecule has 18 heavy (non-hydrogen) atoms. The Kier molecular flexibility index (Phi) is 4.76. The topological polar surface area (TPSA) is 38.3 Å². The monoisotopic (exact) mass is 247 g/mol. The predicted molar refractivity (Wildman–Crippen MR) is 71.7 cm³/mol. The summed E-state index contributed by atoms with van der Waals surface area (Å²) in [5.41, 5.74) is 1.87. The molecule has 1 N–H and O–H groups in total. The average Bonchev–Trinajstić information content (AvgIpc) is 2.40. The highest BCUT2D eigenvalue weighted by Crippen LogP contribution is 2.17. The number of aryl methyl sites for hydroxylation is 1. The Hall–Kier alpha value is -1.35. The van der Waals surface area contributed by atoms with Gasteiger partial charge < -0.3 is 10.1 Å². The second-order valence-corrected chi connectivity index (χ2v) is 4.97. The number of ether oxygens (including phenoxy) is 1. The Morgan fingerprint density at radius 2 is 2.17 bits per heavy atom. The van der Waals surface area contributed by atoms with Gasteiger partial charge in [-0.05, 0) is 44.2 Å². The SMILES string of the molecule is Cc1cccc(C(=O)NCCC2CCOCC2)c1. The predicted octanol–water partition coefficient (Wildman–Crippen LogP) is 2.54. The molecule has 1 amide bonds. The summed E-state index contributed by atoms with van der Waals surface area (Å²) in [5, 5.41) is 2.99. The van der Waals surface area contributed by atoms with Crippen LogP contribution in [0.1, 0.15) is 35.2 Å². The number of nitrogens with one attached hydrogen (secondary N) is 1. The van der Waals surface area contributed by atoms with Crippen LogP contribution in [0.5, 0.6) is 0 Å². The Morgan fingerprint density at radius 1 is 1.39 bits per heavy atom. The lowest BCUT2D eigenvalue weighted by molar-refractivity contribution is 0.0636. The lowest BCUT2D eigenvalue weighted by Gasteiger charge is -2.21. The Morgan fingerprint density at radius 3 is 2.89 bits per heavy atom. The summed E-state index contributed by atoms with van der Waals surface area (Å²) in [7, 11) is 0. The highest BCUT2D eigenvalue weighted by atomic mass is 16.5. The molecule has 0 bridgehead atoms. The van der Waals surface area contributed by atoms with E-state index in [2.05, 4.69) is 5.32 Å². The van der Waals surface area contributed by atoms with Gasteiger partial charge in [-0.3, -0.25) is 4.79 Å². The summed E-state index contributed by atoms with van der Waals surface area (Å²) >= 11 is 0. The second kappa shape index (κ2) is 6.55. The summed E-state index contributed by atoms with van der Waals surface area (Å²) in [5.74, 6) is 0.738. The first kappa shape index (κ1) is 13.1. The van der Waals surface area contributed by atoms with Gasteiger partial charge in [-0.15, -0.1) is 0 Å². The quantitative estimate of drug-likeness (QED) is 0.888. The molecule has 3 heteroatoms. The number of benzene rings is 1. The number of amides is 1. The molecular formula is C15H21NO2. The van der Waals surface area contributed by atoms with E-state index in [0.29, 0.717) is 5.92 Å². The smallest absolute Gasteiger partial charge is 0.251 e.